The number of carbonyl (C=O) groups is 1. The van der Waals surface area contributed by atoms with Gasteiger partial charge in [0.25, 0.3) is 0 Å². The minimum Gasteiger partial charge on any atom is -0.340 e. The van der Waals surface area contributed by atoms with Gasteiger partial charge < -0.3 is 16.0 Å². The van der Waals surface area contributed by atoms with Gasteiger partial charge in [-0.3, -0.25) is 4.79 Å². The fourth-order valence-electron chi connectivity index (χ4n) is 3.26. The normalized spacial score (nSPS) is 10.9. The second-order valence-corrected chi connectivity index (χ2v) is 7.87. The van der Waals surface area contributed by atoms with Crippen molar-refractivity contribution in [2.75, 3.05) is 16.0 Å². The first-order valence-corrected chi connectivity index (χ1v) is 10.8. The lowest BCUT2D eigenvalue weighted by molar-refractivity contribution is -0.111. The van der Waals surface area contributed by atoms with Crippen molar-refractivity contribution in [3.05, 3.63) is 107 Å². The largest absolute Gasteiger partial charge is 0.340 e. The summed E-state index contributed by atoms with van der Waals surface area (Å²) in [6.45, 7) is 3.84. The van der Waals surface area contributed by atoms with Crippen LogP contribution in [0.3, 0.4) is 0 Å². The predicted octanol–water partition coefficient (Wildman–Crippen LogP) is 6.51. The van der Waals surface area contributed by atoms with Crippen molar-refractivity contribution in [3.63, 3.8) is 0 Å². The highest BCUT2D eigenvalue weighted by atomic mass is 19.1. The van der Waals surface area contributed by atoms with E-state index in [0.717, 1.165) is 35.6 Å². The molecule has 176 valence electrons. The van der Waals surface area contributed by atoms with Crippen LogP contribution in [0.2, 0.25) is 0 Å². The van der Waals surface area contributed by atoms with Gasteiger partial charge in [-0.15, -0.1) is 0 Å². The maximum atomic E-state index is 13.7. The number of aromatic nitrogens is 2. The van der Waals surface area contributed by atoms with Crippen LogP contribution in [0.5, 0.6) is 0 Å². The average Bonchev–Trinajstić information content (AvgIpc) is 2.82. The molecule has 3 N–H and O–H groups in total. The Kier molecular flexibility index (Phi) is 7.11. The molecule has 1 heterocycles. The van der Waals surface area contributed by atoms with E-state index in [2.05, 4.69) is 25.9 Å². The van der Waals surface area contributed by atoms with Gasteiger partial charge in [0.2, 0.25) is 5.91 Å². The predicted molar refractivity (Wildman–Crippen MR) is 135 cm³/mol. The monoisotopic (exact) mass is 471 g/mol. The van der Waals surface area contributed by atoms with E-state index in [9.17, 15) is 13.6 Å². The summed E-state index contributed by atoms with van der Waals surface area (Å²) in [5.74, 6) is 0.232. The molecular weight excluding hydrogens is 448 g/mol. The molecule has 3 aromatic carbocycles. The van der Waals surface area contributed by atoms with Crippen molar-refractivity contribution in [3.8, 4) is 0 Å². The van der Waals surface area contributed by atoms with Crippen LogP contribution < -0.4 is 16.0 Å². The zero-order valence-corrected chi connectivity index (χ0v) is 19.1. The average molecular weight is 472 g/mol. The lowest BCUT2D eigenvalue weighted by Gasteiger charge is -2.11. The Labute approximate surface area is 201 Å². The van der Waals surface area contributed by atoms with Gasteiger partial charge in [-0.25, -0.2) is 18.7 Å². The number of aryl methyl sites for hydroxylation is 2. The Balaban J connectivity index is 1.38. The first kappa shape index (κ1) is 23.6. The topological polar surface area (TPSA) is 78.9 Å². The zero-order chi connectivity index (χ0) is 24.8. The molecule has 6 nitrogen and oxygen atoms in total. The fourth-order valence-corrected chi connectivity index (χ4v) is 3.26. The minimum absolute atomic E-state index is 0.00363. The van der Waals surface area contributed by atoms with Crippen molar-refractivity contribution in [1.29, 1.82) is 0 Å². The van der Waals surface area contributed by atoms with Gasteiger partial charge in [-0.2, -0.15) is 0 Å². The van der Waals surface area contributed by atoms with Gasteiger partial charge in [0.15, 0.2) is 0 Å². The van der Waals surface area contributed by atoms with E-state index in [-0.39, 0.29) is 5.56 Å². The third kappa shape index (κ3) is 6.70. The Hall–Kier alpha value is -4.59. The number of nitrogens with one attached hydrogen (secondary N) is 3. The van der Waals surface area contributed by atoms with Crippen molar-refractivity contribution in [2.45, 2.75) is 13.8 Å². The standard InChI is InChI=1S/C27H23F2N5O/c1-17-3-7-21(8-4-17)32-25-16-26(31-18(2)30-25)33-22-9-11-23(12-10-22)34-27(35)14-5-19-15-20(28)6-13-24(19)29/h3-16H,1-2H3,(H,34,35)(H2,30,31,32,33)/b14-5+. The molecule has 1 amide bonds. The smallest absolute Gasteiger partial charge is 0.248 e. The molecule has 0 aliphatic heterocycles. The second-order valence-electron chi connectivity index (χ2n) is 7.87. The van der Waals surface area contributed by atoms with Crippen LogP contribution >= 0.6 is 0 Å². The van der Waals surface area contributed by atoms with Crippen molar-refractivity contribution in [2.24, 2.45) is 0 Å². The van der Waals surface area contributed by atoms with E-state index >= 15 is 0 Å². The molecule has 0 bridgehead atoms. The molecule has 35 heavy (non-hydrogen) atoms. The number of hydrogen-bond donors (Lipinski definition) is 3. The first-order valence-electron chi connectivity index (χ1n) is 10.8. The molecule has 0 radical (unpaired) electrons. The van der Waals surface area contributed by atoms with Crippen LogP contribution in [0.1, 0.15) is 17.0 Å². The molecule has 0 aliphatic carbocycles. The van der Waals surface area contributed by atoms with Crippen LogP contribution in [0.15, 0.2) is 78.9 Å². The lowest BCUT2D eigenvalue weighted by atomic mass is 10.2. The second kappa shape index (κ2) is 10.6. The quantitative estimate of drug-likeness (QED) is 0.268. The summed E-state index contributed by atoms with van der Waals surface area (Å²) in [6.07, 6.45) is 2.37. The van der Waals surface area contributed by atoms with Crippen LogP contribution in [0.25, 0.3) is 6.08 Å². The number of rotatable bonds is 7. The molecule has 8 heteroatoms. The van der Waals surface area contributed by atoms with Crippen LogP contribution in [-0.2, 0) is 4.79 Å². The molecule has 0 fully saturated rings. The Bertz CT molecular complexity index is 1370. The third-order valence-electron chi connectivity index (χ3n) is 4.96. The van der Waals surface area contributed by atoms with Gasteiger partial charge >= 0.3 is 0 Å². The number of carbonyl (C=O) groups excluding carboxylic acids is 1. The molecule has 1 aromatic heterocycles. The Morgan fingerprint density at radius 1 is 0.771 bits per heavy atom. The lowest BCUT2D eigenvalue weighted by Crippen LogP contribution is -2.07. The first-order chi connectivity index (χ1) is 16.8. The van der Waals surface area contributed by atoms with Gasteiger partial charge in [-0.05, 0) is 74.5 Å². The number of halogens is 2. The number of anilines is 5. The van der Waals surface area contributed by atoms with Crippen LogP contribution in [0, 0.1) is 25.5 Å². The number of hydrogen-bond acceptors (Lipinski definition) is 5. The molecule has 0 unspecified atom stereocenters. The summed E-state index contributed by atoms with van der Waals surface area (Å²) in [5, 5.41) is 9.17. The molecule has 0 spiro atoms. The molecule has 4 aromatic rings. The molecule has 4 rings (SSSR count). The molecule has 0 saturated carbocycles. The van der Waals surface area contributed by atoms with Gasteiger partial charge in [-0.1, -0.05) is 17.7 Å². The zero-order valence-electron chi connectivity index (χ0n) is 19.1. The van der Waals surface area contributed by atoms with Gasteiger partial charge in [0.1, 0.15) is 29.1 Å². The molecular formula is C27H23F2N5O. The van der Waals surface area contributed by atoms with E-state index in [0.29, 0.717) is 23.1 Å². The Morgan fingerprint density at radius 2 is 1.34 bits per heavy atom. The fraction of sp³-hybridized carbons (Fsp3) is 0.0741. The molecule has 0 atom stereocenters. The molecule has 0 aliphatic rings. The van der Waals surface area contributed by atoms with Crippen LogP contribution in [-0.4, -0.2) is 15.9 Å². The van der Waals surface area contributed by atoms with Crippen molar-refractivity contribution < 1.29 is 13.6 Å². The molecule has 0 saturated heterocycles. The maximum absolute atomic E-state index is 13.7. The highest BCUT2D eigenvalue weighted by Gasteiger charge is 2.05. The van der Waals surface area contributed by atoms with E-state index in [1.165, 1.54) is 11.6 Å². The van der Waals surface area contributed by atoms with Gasteiger partial charge in [0.05, 0.1) is 0 Å². The summed E-state index contributed by atoms with van der Waals surface area (Å²) in [4.78, 5) is 21.0. The SMILES string of the molecule is Cc1ccc(Nc2cc(Nc3ccc(NC(=O)/C=C/c4cc(F)ccc4F)cc3)nc(C)n2)cc1. The minimum atomic E-state index is -0.608. The third-order valence-corrected chi connectivity index (χ3v) is 4.96. The highest BCUT2D eigenvalue weighted by Crippen LogP contribution is 2.22. The highest BCUT2D eigenvalue weighted by molar-refractivity contribution is 6.02. The number of amides is 1. The number of benzene rings is 3. The number of nitrogens with zero attached hydrogens (tertiary/aromatic N) is 2. The van der Waals surface area contributed by atoms with Gasteiger partial charge in [0, 0.05) is 34.8 Å². The summed E-state index contributed by atoms with van der Waals surface area (Å²) >= 11 is 0. The Morgan fingerprint density at radius 3 is 1.97 bits per heavy atom. The summed E-state index contributed by atoms with van der Waals surface area (Å²) in [6, 6.07) is 19.9. The van der Waals surface area contributed by atoms with E-state index in [1.807, 2.05) is 38.1 Å². The maximum Gasteiger partial charge on any atom is 0.248 e. The van der Waals surface area contributed by atoms with E-state index in [1.54, 1.807) is 30.3 Å². The summed E-state index contributed by atoms with van der Waals surface area (Å²) < 4.78 is 26.9. The van der Waals surface area contributed by atoms with Crippen molar-refractivity contribution in [1.82, 2.24) is 9.97 Å². The summed E-state index contributed by atoms with van der Waals surface area (Å²) in [5.41, 5.74) is 3.41. The van der Waals surface area contributed by atoms with E-state index in [4.69, 9.17) is 0 Å². The van der Waals surface area contributed by atoms with E-state index < -0.39 is 17.5 Å². The van der Waals surface area contributed by atoms with Crippen LogP contribution in [0.4, 0.5) is 37.5 Å². The summed E-state index contributed by atoms with van der Waals surface area (Å²) in [7, 11) is 0. The van der Waals surface area contributed by atoms with Crippen molar-refractivity contribution >= 4 is 40.7 Å².